The number of rotatable bonds is 6. The van der Waals surface area contributed by atoms with Crippen LogP contribution in [0.1, 0.15) is 32.4 Å². The third kappa shape index (κ3) is 2.39. The van der Waals surface area contributed by atoms with Gasteiger partial charge in [-0.25, -0.2) is 0 Å². The molecule has 0 aliphatic heterocycles. The van der Waals surface area contributed by atoms with Crippen molar-refractivity contribution in [1.82, 2.24) is 0 Å². The maximum absolute atomic E-state index is 5.91. The zero-order valence-corrected chi connectivity index (χ0v) is 11.6. The van der Waals surface area contributed by atoms with Gasteiger partial charge in [-0.3, -0.25) is 0 Å². The molecule has 1 aromatic heterocycles. The lowest BCUT2D eigenvalue weighted by Crippen LogP contribution is -2.44. The second-order valence-corrected chi connectivity index (χ2v) is 9.60. The summed E-state index contributed by atoms with van der Waals surface area (Å²) in [6, 6.07) is 5.73. The zero-order chi connectivity index (χ0) is 12.2. The molecule has 3 nitrogen and oxygen atoms in total. The summed E-state index contributed by atoms with van der Waals surface area (Å²) in [5.74, 6) is 0. The van der Waals surface area contributed by atoms with Crippen LogP contribution in [-0.4, -0.2) is 14.6 Å². The van der Waals surface area contributed by atoms with Crippen molar-refractivity contribution in [2.24, 2.45) is 11.5 Å². The third-order valence-electron chi connectivity index (χ3n) is 3.85. The minimum atomic E-state index is -1.39. The highest BCUT2D eigenvalue weighted by molar-refractivity contribution is 6.90. The predicted molar refractivity (Wildman–Crippen MR) is 71.5 cm³/mol. The van der Waals surface area contributed by atoms with E-state index in [1.807, 2.05) is 0 Å². The van der Waals surface area contributed by atoms with Gasteiger partial charge < -0.3 is 15.9 Å². The molecule has 1 aromatic rings. The summed E-state index contributed by atoms with van der Waals surface area (Å²) in [6.07, 6.45) is 1.79. The van der Waals surface area contributed by atoms with E-state index in [2.05, 4.69) is 26.8 Å². The molecule has 0 fully saturated rings. The van der Waals surface area contributed by atoms with Crippen LogP contribution in [0.15, 0.2) is 16.7 Å². The monoisotopic (exact) mass is 240 g/mol. The highest BCUT2D eigenvalue weighted by atomic mass is 28.3. The van der Waals surface area contributed by atoms with Crippen molar-refractivity contribution in [2.75, 3.05) is 6.54 Å². The summed E-state index contributed by atoms with van der Waals surface area (Å²) < 4.78 is 5.75. The normalized spacial score (nSPS) is 14.1. The molecule has 0 bridgehead atoms. The van der Waals surface area contributed by atoms with Crippen molar-refractivity contribution in [2.45, 2.75) is 44.9 Å². The summed E-state index contributed by atoms with van der Waals surface area (Å²) in [4.78, 5) is 0. The van der Waals surface area contributed by atoms with Crippen molar-refractivity contribution in [3.05, 3.63) is 17.9 Å². The fraction of sp³-hybridized carbons (Fsp3) is 0.667. The minimum Gasteiger partial charge on any atom is -0.474 e. The number of hydrogen-bond donors (Lipinski definition) is 2. The molecule has 0 aliphatic carbocycles. The molecular weight excluding hydrogens is 216 g/mol. The summed E-state index contributed by atoms with van der Waals surface area (Å²) in [6.45, 7) is 7.27. The largest absolute Gasteiger partial charge is 0.474 e. The summed E-state index contributed by atoms with van der Waals surface area (Å²) in [5, 5.41) is 1.19. The van der Waals surface area contributed by atoms with Gasteiger partial charge >= 0.3 is 0 Å². The molecule has 0 radical (unpaired) electrons. The van der Waals surface area contributed by atoms with E-state index < -0.39 is 8.07 Å². The van der Waals surface area contributed by atoms with Crippen LogP contribution < -0.4 is 16.9 Å². The van der Waals surface area contributed by atoms with Crippen LogP contribution in [0.25, 0.3) is 0 Å². The maximum atomic E-state index is 5.91. The first-order chi connectivity index (χ1) is 7.63. The lowest BCUT2D eigenvalue weighted by molar-refractivity contribution is 0.584. The average Bonchev–Trinajstić information content (AvgIpc) is 2.81. The molecule has 0 amide bonds. The summed E-state index contributed by atoms with van der Waals surface area (Å²) in [5.41, 5.74) is 12.5. The Morgan fingerprint density at radius 3 is 2.25 bits per heavy atom. The minimum absolute atomic E-state index is 0.0882. The lowest BCUT2D eigenvalue weighted by Gasteiger charge is -2.24. The van der Waals surface area contributed by atoms with E-state index in [4.69, 9.17) is 15.9 Å². The molecule has 0 aliphatic rings. The SMILES string of the molecule is CC[Si](CC)(CC)c1cc(C(N)CN)co1. The van der Waals surface area contributed by atoms with Gasteiger partial charge in [0.05, 0.1) is 11.6 Å². The third-order valence-corrected chi connectivity index (χ3v) is 9.22. The molecule has 0 spiro atoms. The van der Waals surface area contributed by atoms with Gasteiger partial charge in [0.2, 0.25) is 0 Å². The summed E-state index contributed by atoms with van der Waals surface area (Å²) >= 11 is 0. The molecule has 0 saturated carbocycles. The molecule has 4 N–H and O–H groups in total. The molecule has 16 heavy (non-hydrogen) atoms. The van der Waals surface area contributed by atoms with E-state index in [9.17, 15) is 0 Å². The van der Waals surface area contributed by atoms with Crippen LogP contribution in [0, 0.1) is 0 Å². The van der Waals surface area contributed by atoms with Gasteiger partial charge in [-0.2, -0.15) is 0 Å². The molecule has 1 atom stereocenters. The van der Waals surface area contributed by atoms with Crippen LogP contribution in [0.3, 0.4) is 0 Å². The fourth-order valence-electron chi connectivity index (χ4n) is 2.23. The van der Waals surface area contributed by atoms with Gasteiger partial charge in [0, 0.05) is 18.2 Å². The quantitative estimate of drug-likeness (QED) is 0.747. The van der Waals surface area contributed by atoms with Gasteiger partial charge in [-0.05, 0) is 6.07 Å². The fourth-order valence-corrected chi connectivity index (χ4v) is 5.56. The molecule has 92 valence electrons. The highest BCUT2D eigenvalue weighted by Gasteiger charge is 2.33. The smallest absolute Gasteiger partial charge is 0.131 e. The number of furan rings is 1. The first-order valence-electron chi connectivity index (χ1n) is 6.18. The van der Waals surface area contributed by atoms with Crippen molar-refractivity contribution in [3.63, 3.8) is 0 Å². The van der Waals surface area contributed by atoms with Crippen molar-refractivity contribution in [1.29, 1.82) is 0 Å². The second kappa shape index (κ2) is 5.66. The van der Waals surface area contributed by atoms with Crippen LogP contribution in [-0.2, 0) is 0 Å². The predicted octanol–water partition coefficient (Wildman–Crippen LogP) is 1.95. The Bertz CT molecular complexity index is 312. The van der Waals surface area contributed by atoms with Crippen LogP contribution in [0.2, 0.25) is 18.1 Å². The highest BCUT2D eigenvalue weighted by Crippen LogP contribution is 2.22. The topological polar surface area (TPSA) is 65.2 Å². The van der Waals surface area contributed by atoms with E-state index in [-0.39, 0.29) is 6.04 Å². The maximum Gasteiger partial charge on any atom is 0.131 e. The lowest BCUT2D eigenvalue weighted by atomic mass is 10.2. The first-order valence-corrected chi connectivity index (χ1v) is 8.80. The second-order valence-electron chi connectivity index (χ2n) is 4.43. The van der Waals surface area contributed by atoms with E-state index in [1.165, 1.54) is 23.5 Å². The van der Waals surface area contributed by atoms with Crippen LogP contribution in [0.5, 0.6) is 0 Å². The first kappa shape index (κ1) is 13.5. The van der Waals surface area contributed by atoms with Gasteiger partial charge in [0.25, 0.3) is 0 Å². The van der Waals surface area contributed by atoms with E-state index in [1.54, 1.807) is 6.26 Å². The Balaban J connectivity index is 2.99. The standard InChI is InChI=1S/C12H24N2OSi/c1-4-16(5-2,6-3)12-7-10(9-15-12)11(14)8-13/h7,9,11H,4-6,8,13-14H2,1-3H3. The number of hydrogen-bond acceptors (Lipinski definition) is 3. The van der Waals surface area contributed by atoms with Gasteiger partial charge in [0.1, 0.15) is 8.07 Å². The van der Waals surface area contributed by atoms with Gasteiger partial charge in [-0.1, -0.05) is 38.9 Å². The number of nitrogens with two attached hydrogens (primary N) is 2. The summed E-state index contributed by atoms with van der Waals surface area (Å²) in [7, 11) is -1.39. The van der Waals surface area contributed by atoms with Crippen LogP contribution >= 0.6 is 0 Å². The Morgan fingerprint density at radius 1 is 1.25 bits per heavy atom. The van der Waals surface area contributed by atoms with Gasteiger partial charge in [-0.15, -0.1) is 0 Å². The van der Waals surface area contributed by atoms with E-state index in [0.717, 1.165) is 5.56 Å². The molecular formula is C12H24N2OSi. The van der Waals surface area contributed by atoms with Crippen molar-refractivity contribution in [3.8, 4) is 0 Å². The van der Waals surface area contributed by atoms with Gasteiger partial charge in [0.15, 0.2) is 0 Å². The Morgan fingerprint density at radius 2 is 1.81 bits per heavy atom. The zero-order valence-electron chi connectivity index (χ0n) is 10.6. The molecule has 1 unspecified atom stereocenters. The molecule has 4 heteroatoms. The molecule has 1 heterocycles. The Labute approximate surface area is 99.2 Å². The molecule has 0 saturated heterocycles. The van der Waals surface area contributed by atoms with Crippen molar-refractivity contribution >= 4 is 13.5 Å². The van der Waals surface area contributed by atoms with Crippen molar-refractivity contribution < 1.29 is 4.42 Å². The Hall–Kier alpha value is -0.583. The van der Waals surface area contributed by atoms with Crippen LogP contribution in [0.4, 0.5) is 0 Å². The Kier molecular flexibility index (Phi) is 4.77. The average molecular weight is 240 g/mol. The molecule has 1 rings (SSSR count). The molecule has 0 aromatic carbocycles. The van der Waals surface area contributed by atoms with E-state index >= 15 is 0 Å². The van der Waals surface area contributed by atoms with E-state index in [0.29, 0.717) is 6.54 Å².